The maximum atomic E-state index is 14.3. The molecule has 1 aliphatic heterocycles. The first-order valence-corrected chi connectivity index (χ1v) is 8.60. The van der Waals surface area contributed by atoms with E-state index in [-0.39, 0.29) is 11.9 Å². The van der Waals surface area contributed by atoms with E-state index < -0.39 is 0 Å². The molecule has 1 fully saturated rings. The van der Waals surface area contributed by atoms with Crippen molar-refractivity contribution in [3.63, 3.8) is 0 Å². The lowest BCUT2D eigenvalue weighted by molar-refractivity contribution is 0.231. The second-order valence-corrected chi connectivity index (χ2v) is 6.69. The van der Waals surface area contributed by atoms with Gasteiger partial charge in [0.25, 0.3) is 0 Å². The summed E-state index contributed by atoms with van der Waals surface area (Å²) in [6.07, 6.45) is 3.87. The number of hydrogen-bond acceptors (Lipinski definition) is 5. The van der Waals surface area contributed by atoms with Crippen LogP contribution in [0.3, 0.4) is 0 Å². The molecule has 0 radical (unpaired) electrons. The highest BCUT2D eigenvalue weighted by Crippen LogP contribution is 2.33. The number of benzene rings is 1. The molecule has 134 valence electrons. The van der Waals surface area contributed by atoms with Gasteiger partial charge >= 0.3 is 0 Å². The van der Waals surface area contributed by atoms with Gasteiger partial charge in [0.2, 0.25) is 0 Å². The molecule has 5 nitrogen and oxygen atoms in total. The van der Waals surface area contributed by atoms with Crippen LogP contribution in [-0.4, -0.2) is 47.5 Å². The largest absolute Gasteiger partial charge is 0.496 e. The van der Waals surface area contributed by atoms with Crippen molar-refractivity contribution in [2.45, 2.75) is 32.0 Å². The third-order valence-corrected chi connectivity index (χ3v) is 4.53. The standard InChI is InChI=1S/C19H25FN4O/c1-23(2)12-14-9-10-21-19(22-14)17-7-5-11-24(17)13-15-16(20)6-4-8-18(15)25-3/h4,6,8-10,17H,5,7,11-13H2,1-3H3/t17-/m1/s1. The van der Waals surface area contributed by atoms with Gasteiger partial charge in [-0.15, -0.1) is 0 Å². The van der Waals surface area contributed by atoms with Crippen LogP contribution in [0.1, 0.15) is 36.0 Å². The summed E-state index contributed by atoms with van der Waals surface area (Å²) in [5.41, 5.74) is 1.60. The van der Waals surface area contributed by atoms with Gasteiger partial charge in [-0.1, -0.05) is 6.07 Å². The number of halogens is 1. The van der Waals surface area contributed by atoms with Crippen molar-refractivity contribution >= 4 is 0 Å². The smallest absolute Gasteiger partial charge is 0.145 e. The minimum absolute atomic E-state index is 0.117. The number of hydrogen-bond donors (Lipinski definition) is 0. The van der Waals surface area contributed by atoms with Crippen LogP contribution in [0, 0.1) is 5.82 Å². The number of methoxy groups -OCH3 is 1. The molecule has 2 heterocycles. The maximum absolute atomic E-state index is 14.3. The highest BCUT2D eigenvalue weighted by Gasteiger charge is 2.29. The topological polar surface area (TPSA) is 41.5 Å². The summed E-state index contributed by atoms with van der Waals surface area (Å²) < 4.78 is 19.6. The lowest BCUT2D eigenvalue weighted by Gasteiger charge is -2.24. The fourth-order valence-electron chi connectivity index (χ4n) is 3.38. The van der Waals surface area contributed by atoms with Crippen LogP contribution < -0.4 is 4.74 Å². The van der Waals surface area contributed by atoms with E-state index in [4.69, 9.17) is 9.72 Å². The van der Waals surface area contributed by atoms with Gasteiger partial charge in [-0.05, 0) is 51.7 Å². The Morgan fingerprint density at radius 1 is 1.32 bits per heavy atom. The molecule has 0 saturated carbocycles. The Kier molecular flexibility index (Phi) is 5.60. The molecule has 1 aliphatic rings. The van der Waals surface area contributed by atoms with E-state index in [0.717, 1.165) is 37.4 Å². The Labute approximate surface area is 148 Å². The molecule has 6 heteroatoms. The number of ether oxygens (including phenoxy) is 1. The van der Waals surface area contributed by atoms with E-state index >= 15 is 0 Å². The van der Waals surface area contributed by atoms with Crippen LogP contribution in [0.5, 0.6) is 5.75 Å². The van der Waals surface area contributed by atoms with Gasteiger partial charge in [-0.3, -0.25) is 4.90 Å². The molecule has 2 aromatic rings. The Bertz CT molecular complexity index is 722. The summed E-state index contributed by atoms with van der Waals surface area (Å²) in [6, 6.07) is 7.02. The molecule has 0 spiro atoms. The van der Waals surface area contributed by atoms with E-state index in [1.165, 1.54) is 6.07 Å². The number of nitrogens with zero attached hydrogens (tertiary/aromatic N) is 4. The molecule has 1 atom stereocenters. The van der Waals surface area contributed by atoms with Crippen LogP contribution in [0.4, 0.5) is 4.39 Å². The fourth-order valence-corrected chi connectivity index (χ4v) is 3.38. The number of rotatable bonds is 6. The van der Waals surface area contributed by atoms with Crippen LogP contribution in [0.2, 0.25) is 0 Å². The summed E-state index contributed by atoms with van der Waals surface area (Å²) in [6.45, 7) is 2.19. The molecule has 3 rings (SSSR count). The van der Waals surface area contributed by atoms with E-state index in [9.17, 15) is 4.39 Å². The van der Waals surface area contributed by atoms with Crippen LogP contribution in [-0.2, 0) is 13.1 Å². The third-order valence-electron chi connectivity index (χ3n) is 4.53. The molecule has 1 aromatic carbocycles. The number of aromatic nitrogens is 2. The summed E-state index contributed by atoms with van der Waals surface area (Å²) in [4.78, 5) is 13.6. The van der Waals surface area contributed by atoms with E-state index in [0.29, 0.717) is 17.9 Å². The molecular weight excluding hydrogens is 319 g/mol. The van der Waals surface area contributed by atoms with Gasteiger partial charge in [-0.25, -0.2) is 14.4 Å². The monoisotopic (exact) mass is 344 g/mol. The van der Waals surface area contributed by atoms with Gasteiger partial charge in [0, 0.05) is 24.8 Å². The van der Waals surface area contributed by atoms with E-state index in [1.807, 2.05) is 26.4 Å². The molecule has 1 aromatic heterocycles. The van der Waals surface area contributed by atoms with Crippen LogP contribution in [0.15, 0.2) is 30.5 Å². The second kappa shape index (κ2) is 7.89. The Balaban J connectivity index is 1.82. The quantitative estimate of drug-likeness (QED) is 0.806. The lowest BCUT2D eigenvalue weighted by Crippen LogP contribution is -2.25. The lowest BCUT2D eigenvalue weighted by atomic mass is 10.1. The molecule has 0 N–H and O–H groups in total. The second-order valence-electron chi connectivity index (χ2n) is 6.69. The molecule has 0 unspecified atom stereocenters. The predicted octanol–water partition coefficient (Wildman–Crippen LogP) is 3.02. The zero-order valence-corrected chi connectivity index (χ0v) is 15.1. The van der Waals surface area contributed by atoms with Gasteiger partial charge < -0.3 is 9.64 Å². The van der Waals surface area contributed by atoms with Crippen molar-refractivity contribution in [2.75, 3.05) is 27.7 Å². The molecule has 0 aliphatic carbocycles. The highest BCUT2D eigenvalue weighted by atomic mass is 19.1. The van der Waals surface area contributed by atoms with Gasteiger partial charge in [-0.2, -0.15) is 0 Å². The normalized spacial score (nSPS) is 18.0. The van der Waals surface area contributed by atoms with Crippen molar-refractivity contribution < 1.29 is 9.13 Å². The van der Waals surface area contributed by atoms with Crippen molar-refractivity contribution in [3.8, 4) is 5.75 Å². The molecule has 0 amide bonds. The summed E-state index contributed by atoms with van der Waals surface area (Å²) in [5, 5.41) is 0. The third kappa shape index (κ3) is 4.14. The van der Waals surface area contributed by atoms with Crippen LogP contribution >= 0.6 is 0 Å². The summed E-state index contributed by atoms with van der Waals surface area (Å²) >= 11 is 0. The Morgan fingerprint density at radius 2 is 2.16 bits per heavy atom. The average molecular weight is 344 g/mol. The van der Waals surface area contributed by atoms with Crippen molar-refractivity contribution in [1.29, 1.82) is 0 Å². The molecule has 0 bridgehead atoms. The maximum Gasteiger partial charge on any atom is 0.145 e. The first-order chi connectivity index (χ1) is 12.1. The van der Waals surface area contributed by atoms with Crippen molar-refractivity contribution in [1.82, 2.24) is 19.8 Å². The van der Waals surface area contributed by atoms with E-state index in [1.54, 1.807) is 19.2 Å². The average Bonchev–Trinajstić information content (AvgIpc) is 3.04. The molecular formula is C19H25FN4O. The van der Waals surface area contributed by atoms with Gasteiger partial charge in [0.1, 0.15) is 17.4 Å². The zero-order valence-electron chi connectivity index (χ0n) is 15.1. The summed E-state index contributed by atoms with van der Waals surface area (Å²) in [5.74, 6) is 1.19. The minimum atomic E-state index is -0.229. The summed E-state index contributed by atoms with van der Waals surface area (Å²) in [7, 11) is 5.62. The van der Waals surface area contributed by atoms with Gasteiger partial charge in [0.05, 0.1) is 18.8 Å². The van der Waals surface area contributed by atoms with Crippen molar-refractivity contribution in [2.24, 2.45) is 0 Å². The molecule has 25 heavy (non-hydrogen) atoms. The number of likely N-dealkylation sites (tertiary alicyclic amines) is 1. The van der Waals surface area contributed by atoms with Crippen LogP contribution in [0.25, 0.3) is 0 Å². The fraction of sp³-hybridized carbons (Fsp3) is 0.474. The molecule has 1 saturated heterocycles. The SMILES string of the molecule is COc1cccc(F)c1CN1CCC[C@@H]1c1nccc(CN(C)C)n1. The predicted molar refractivity (Wildman–Crippen MR) is 94.8 cm³/mol. The zero-order chi connectivity index (χ0) is 17.8. The Morgan fingerprint density at radius 3 is 2.92 bits per heavy atom. The van der Waals surface area contributed by atoms with Crippen molar-refractivity contribution in [3.05, 3.63) is 53.4 Å². The minimum Gasteiger partial charge on any atom is -0.496 e. The van der Waals surface area contributed by atoms with E-state index in [2.05, 4.69) is 14.8 Å². The van der Waals surface area contributed by atoms with Gasteiger partial charge in [0.15, 0.2) is 0 Å². The first-order valence-electron chi connectivity index (χ1n) is 8.60. The Hall–Kier alpha value is -2.05. The first kappa shape index (κ1) is 17.8. The highest BCUT2D eigenvalue weighted by molar-refractivity contribution is 5.34.